The summed E-state index contributed by atoms with van der Waals surface area (Å²) in [5.41, 5.74) is 0. The Morgan fingerprint density at radius 1 is 0.577 bits per heavy atom. The van der Waals surface area contributed by atoms with E-state index in [-0.39, 0.29) is 13.2 Å². The van der Waals surface area contributed by atoms with Crippen LogP contribution >= 0.6 is 0 Å². The van der Waals surface area contributed by atoms with E-state index >= 15 is 0 Å². The Balaban J connectivity index is 2.61. The Kier molecular flexibility index (Phi) is 12.5. The fraction of sp³-hybridized carbons (Fsp3) is 1.00. The highest BCUT2D eigenvalue weighted by atomic mass is 16.3. The first kappa shape index (κ1) is 23.6. The lowest BCUT2D eigenvalue weighted by atomic mass is 10.1. The average molecular weight is 380 g/mol. The van der Waals surface area contributed by atoms with Gasteiger partial charge in [-0.2, -0.15) is 0 Å². The number of hydrogen-bond donors (Lipinski definition) is 8. The summed E-state index contributed by atoms with van der Waals surface area (Å²) in [6.45, 7) is 3.70. The predicted molar refractivity (Wildman–Crippen MR) is 96.8 cm³/mol. The number of rotatable bonds is 8. The molecule has 0 aromatic heterocycles. The number of aliphatic hydroxyl groups excluding tert-OH is 6. The number of aliphatic hydroxyl groups is 6. The molecule has 0 aromatic rings. The van der Waals surface area contributed by atoms with E-state index in [1.807, 2.05) is 9.80 Å². The zero-order chi connectivity index (χ0) is 19.4. The van der Waals surface area contributed by atoms with E-state index < -0.39 is 37.5 Å². The molecule has 0 bridgehead atoms. The van der Waals surface area contributed by atoms with Crippen molar-refractivity contribution in [1.82, 2.24) is 20.4 Å². The number of hydrogen-bond acceptors (Lipinski definition) is 10. The molecule has 0 aliphatic carbocycles. The smallest absolute Gasteiger partial charge is 0.0947 e. The van der Waals surface area contributed by atoms with Crippen molar-refractivity contribution in [2.24, 2.45) is 0 Å². The van der Waals surface area contributed by atoms with Gasteiger partial charge in [0.05, 0.1) is 50.7 Å². The first-order valence-electron chi connectivity index (χ1n) is 9.28. The lowest BCUT2D eigenvalue weighted by molar-refractivity contribution is -0.0168. The molecule has 10 heteroatoms. The second-order valence-corrected chi connectivity index (χ2v) is 6.57. The molecule has 0 saturated carbocycles. The van der Waals surface area contributed by atoms with Crippen molar-refractivity contribution in [2.75, 3.05) is 78.8 Å². The van der Waals surface area contributed by atoms with Crippen LogP contribution in [0, 0.1) is 0 Å². The van der Waals surface area contributed by atoms with Crippen molar-refractivity contribution < 1.29 is 30.6 Å². The van der Waals surface area contributed by atoms with E-state index in [0.717, 1.165) is 0 Å². The van der Waals surface area contributed by atoms with E-state index in [0.29, 0.717) is 52.4 Å². The molecule has 1 fully saturated rings. The highest BCUT2D eigenvalue weighted by Gasteiger charge is 2.26. The van der Waals surface area contributed by atoms with Crippen molar-refractivity contribution >= 4 is 0 Å². The minimum atomic E-state index is -0.992. The normalized spacial score (nSPS) is 24.2. The molecule has 0 amide bonds. The maximum atomic E-state index is 9.89. The average Bonchev–Trinajstić information content (AvgIpc) is 2.65. The van der Waals surface area contributed by atoms with Crippen LogP contribution in [0.2, 0.25) is 0 Å². The molecule has 0 unspecified atom stereocenters. The van der Waals surface area contributed by atoms with E-state index in [1.165, 1.54) is 0 Å². The minimum Gasteiger partial charge on any atom is -0.395 e. The molecule has 26 heavy (non-hydrogen) atoms. The Morgan fingerprint density at radius 2 is 0.885 bits per heavy atom. The lowest BCUT2D eigenvalue weighted by Gasteiger charge is -2.35. The molecule has 1 heterocycles. The van der Waals surface area contributed by atoms with Crippen molar-refractivity contribution in [3.8, 4) is 0 Å². The summed E-state index contributed by atoms with van der Waals surface area (Å²) in [4.78, 5) is 3.90. The third kappa shape index (κ3) is 7.69. The minimum absolute atomic E-state index is 0.229. The van der Waals surface area contributed by atoms with E-state index in [1.54, 1.807) is 0 Å². The molecule has 156 valence electrons. The molecular formula is C16H36N4O6. The van der Waals surface area contributed by atoms with E-state index in [4.69, 9.17) is 10.2 Å². The fourth-order valence-electron chi connectivity index (χ4n) is 3.23. The highest BCUT2D eigenvalue weighted by Crippen LogP contribution is 2.06. The standard InChI is InChI=1S/C16H36N4O6/c21-9-13(15(25)11-23)19-5-1-17-2-6-20(8-4-18-3-7-19)14(10-22)16(26)12-24/h13-18,21-26H,1-12H2/t13-,14+,15-,16+. The SMILES string of the molecule is OC[C@@H](O)[C@@H](CO)N1CCNCCN([C@@H](CO)[C@@H](O)CO)CCNCC1. The number of nitrogens with zero attached hydrogens (tertiary/aromatic N) is 2. The predicted octanol–water partition coefficient (Wildman–Crippen LogP) is -4.79. The van der Waals surface area contributed by atoms with Crippen LogP contribution in [-0.4, -0.2) is 144 Å². The van der Waals surface area contributed by atoms with Crippen molar-refractivity contribution in [3.63, 3.8) is 0 Å². The first-order chi connectivity index (χ1) is 12.6. The maximum absolute atomic E-state index is 9.89. The van der Waals surface area contributed by atoms with Crippen LogP contribution in [0.1, 0.15) is 0 Å². The van der Waals surface area contributed by atoms with Gasteiger partial charge in [-0.25, -0.2) is 0 Å². The summed E-state index contributed by atoms with van der Waals surface area (Å²) < 4.78 is 0. The maximum Gasteiger partial charge on any atom is 0.0947 e. The van der Waals surface area contributed by atoms with Gasteiger partial charge in [0, 0.05) is 52.4 Å². The van der Waals surface area contributed by atoms with Crippen LogP contribution in [0.4, 0.5) is 0 Å². The Morgan fingerprint density at radius 3 is 1.12 bits per heavy atom. The molecule has 1 aliphatic heterocycles. The molecule has 1 aliphatic rings. The molecule has 10 nitrogen and oxygen atoms in total. The monoisotopic (exact) mass is 380 g/mol. The fourth-order valence-corrected chi connectivity index (χ4v) is 3.23. The molecular weight excluding hydrogens is 344 g/mol. The summed E-state index contributed by atoms with van der Waals surface area (Å²) in [6.07, 6.45) is -1.98. The van der Waals surface area contributed by atoms with Crippen LogP contribution in [0.5, 0.6) is 0 Å². The highest BCUT2D eigenvalue weighted by molar-refractivity contribution is 4.82. The molecule has 0 radical (unpaired) electrons. The van der Waals surface area contributed by atoms with Gasteiger partial charge in [-0.3, -0.25) is 9.80 Å². The zero-order valence-electron chi connectivity index (χ0n) is 15.4. The third-order valence-electron chi connectivity index (χ3n) is 4.88. The van der Waals surface area contributed by atoms with Gasteiger partial charge in [0.2, 0.25) is 0 Å². The second kappa shape index (κ2) is 13.7. The summed E-state index contributed by atoms with van der Waals surface area (Å²) in [5.74, 6) is 0. The molecule has 1 rings (SSSR count). The van der Waals surface area contributed by atoms with Crippen LogP contribution in [-0.2, 0) is 0 Å². The van der Waals surface area contributed by atoms with Crippen molar-refractivity contribution in [2.45, 2.75) is 24.3 Å². The van der Waals surface area contributed by atoms with Gasteiger partial charge in [-0.15, -0.1) is 0 Å². The van der Waals surface area contributed by atoms with E-state index in [2.05, 4.69) is 10.6 Å². The van der Waals surface area contributed by atoms with Crippen molar-refractivity contribution in [3.05, 3.63) is 0 Å². The summed E-state index contributed by atoms with van der Waals surface area (Å²) in [6, 6.07) is -1.02. The van der Waals surface area contributed by atoms with Gasteiger partial charge in [0.15, 0.2) is 0 Å². The van der Waals surface area contributed by atoms with Crippen LogP contribution in [0.3, 0.4) is 0 Å². The van der Waals surface area contributed by atoms with Gasteiger partial charge in [0.25, 0.3) is 0 Å². The number of nitrogens with one attached hydrogen (secondary N) is 2. The molecule has 1 saturated heterocycles. The Hall–Kier alpha value is -0.400. The Bertz CT molecular complexity index is 311. The molecule has 0 spiro atoms. The summed E-state index contributed by atoms with van der Waals surface area (Å²) in [5, 5.41) is 63.7. The Labute approximate surface area is 155 Å². The van der Waals surface area contributed by atoms with Gasteiger partial charge in [-0.05, 0) is 0 Å². The van der Waals surface area contributed by atoms with Gasteiger partial charge < -0.3 is 41.3 Å². The summed E-state index contributed by atoms with van der Waals surface area (Å²) >= 11 is 0. The molecule has 0 aromatic carbocycles. The molecule has 4 atom stereocenters. The van der Waals surface area contributed by atoms with Crippen LogP contribution in [0.25, 0.3) is 0 Å². The summed E-state index contributed by atoms with van der Waals surface area (Å²) in [7, 11) is 0. The first-order valence-corrected chi connectivity index (χ1v) is 9.28. The topological polar surface area (TPSA) is 152 Å². The third-order valence-corrected chi connectivity index (χ3v) is 4.88. The second-order valence-electron chi connectivity index (χ2n) is 6.57. The van der Waals surface area contributed by atoms with Gasteiger partial charge in [0.1, 0.15) is 0 Å². The van der Waals surface area contributed by atoms with Crippen LogP contribution < -0.4 is 10.6 Å². The van der Waals surface area contributed by atoms with Crippen molar-refractivity contribution in [1.29, 1.82) is 0 Å². The molecule has 8 N–H and O–H groups in total. The quantitative estimate of drug-likeness (QED) is 0.206. The van der Waals surface area contributed by atoms with E-state index in [9.17, 15) is 20.4 Å². The van der Waals surface area contributed by atoms with Gasteiger partial charge >= 0.3 is 0 Å². The van der Waals surface area contributed by atoms with Crippen LogP contribution in [0.15, 0.2) is 0 Å². The zero-order valence-corrected chi connectivity index (χ0v) is 15.4. The lowest BCUT2D eigenvalue weighted by Crippen LogP contribution is -2.54. The largest absolute Gasteiger partial charge is 0.395 e. The van der Waals surface area contributed by atoms with Gasteiger partial charge in [-0.1, -0.05) is 0 Å².